The van der Waals surface area contributed by atoms with Gasteiger partial charge in [-0.15, -0.1) is 0 Å². The Morgan fingerprint density at radius 3 is 1.98 bits per heavy atom. The van der Waals surface area contributed by atoms with Crippen LogP contribution < -0.4 is 30.2 Å². The molecule has 0 saturated heterocycles. The second-order valence-corrected chi connectivity index (χ2v) is 10.7. The Balaban J connectivity index is 1.03. The number of ether oxygens (including phenoxy) is 3. The lowest BCUT2D eigenvalue weighted by molar-refractivity contribution is -0.115. The predicted octanol–water partition coefficient (Wildman–Crippen LogP) is 6.88. The molecule has 0 spiro atoms. The van der Waals surface area contributed by atoms with Gasteiger partial charge in [0.25, 0.3) is 0 Å². The molecular weight excluding hydrogens is 574 g/mol. The fraction of sp³-hybridized carbons (Fsp3) is 0.229. The summed E-state index contributed by atoms with van der Waals surface area (Å²) in [5.74, 6) is 1.34. The maximum Gasteiger partial charge on any atom is 0.337 e. The van der Waals surface area contributed by atoms with Crippen LogP contribution in [-0.4, -0.2) is 42.3 Å². The number of anilines is 2. The van der Waals surface area contributed by atoms with Gasteiger partial charge in [0.05, 0.1) is 30.9 Å². The molecule has 1 saturated carbocycles. The molecule has 4 aromatic carbocycles. The van der Waals surface area contributed by atoms with Gasteiger partial charge in [-0.05, 0) is 104 Å². The van der Waals surface area contributed by atoms with Crippen molar-refractivity contribution in [3.05, 3.63) is 108 Å². The van der Waals surface area contributed by atoms with Crippen molar-refractivity contribution >= 4 is 29.3 Å². The van der Waals surface area contributed by atoms with E-state index in [9.17, 15) is 19.5 Å². The smallest absolute Gasteiger partial charge is 0.337 e. The van der Waals surface area contributed by atoms with Gasteiger partial charge >= 0.3 is 12.0 Å². The normalized spacial score (nSPS) is 15.8. The van der Waals surface area contributed by atoms with E-state index in [2.05, 4.69) is 16.0 Å². The maximum atomic E-state index is 12.5. The topological polar surface area (TPSA) is 135 Å². The first-order valence-corrected chi connectivity index (χ1v) is 14.7. The van der Waals surface area contributed by atoms with Crippen LogP contribution in [0.15, 0.2) is 97.1 Å². The minimum Gasteiger partial charge on any atom is -0.497 e. The van der Waals surface area contributed by atoms with Crippen LogP contribution in [-0.2, 0) is 11.2 Å². The number of hydrogen-bond acceptors (Lipinski definition) is 6. The van der Waals surface area contributed by atoms with Crippen LogP contribution in [0.1, 0.15) is 41.6 Å². The van der Waals surface area contributed by atoms with Crippen LogP contribution in [0, 0.1) is 0 Å². The monoisotopic (exact) mass is 609 g/mol. The molecule has 4 N–H and O–H groups in total. The molecule has 1 aliphatic carbocycles. The predicted molar refractivity (Wildman–Crippen MR) is 171 cm³/mol. The van der Waals surface area contributed by atoms with Crippen LogP contribution in [0.5, 0.6) is 23.0 Å². The Morgan fingerprint density at radius 1 is 0.733 bits per heavy atom. The van der Waals surface area contributed by atoms with E-state index in [0.717, 1.165) is 42.7 Å². The summed E-state index contributed by atoms with van der Waals surface area (Å²) >= 11 is 0. The maximum absolute atomic E-state index is 12.5. The number of amides is 3. The second kappa shape index (κ2) is 14.8. The van der Waals surface area contributed by atoms with Gasteiger partial charge < -0.3 is 35.3 Å². The summed E-state index contributed by atoms with van der Waals surface area (Å²) in [4.78, 5) is 36.2. The molecule has 1 fully saturated rings. The summed E-state index contributed by atoms with van der Waals surface area (Å²) < 4.78 is 17.3. The Morgan fingerprint density at radius 2 is 1.33 bits per heavy atom. The zero-order chi connectivity index (χ0) is 31.6. The van der Waals surface area contributed by atoms with Crippen molar-refractivity contribution in [1.82, 2.24) is 5.32 Å². The molecule has 0 aromatic heterocycles. The first-order chi connectivity index (χ1) is 21.8. The molecule has 232 valence electrons. The van der Waals surface area contributed by atoms with E-state index in [1.165, 1.54) is 6.07 Å². The van der Waals surface area contributed by atoms with Crippen molar-refractivity contribution in [2.75, 3.05) is 17.7 Å². The van der Waals surface area contributed by atoms with Gasteiger partial charge in [-0.25, -0.2) is 9.59 Å². The van der Waals surface area contributed by atoms with Gasteiger partial charge in [-0.3, -0.25) is 4.79 Å². The van der Waals surface area contributed by atoms with Crippen molar-refractivity contribution in [3.63, 3.8) is 0 Å². The number of carboxylic acids is 1. The van der Waals surface area contributed by atoms with E-state index in [1.54, 1.807) is 73.8 Å². The van der Waals surface area contributed by atoms with Gasteiger partial charge in [-0.1, -0.05) is 24.3 Å². The number of carboxylic acid groups (broad SMARTS) is 1. The molecule has 0 atom stereocenters. The van der Waals surface area contributed by atoms with Crippen molar-refractivity contribution < 1.29 is 33.7 Å². The summed E-state index contributed by atoms with van der Waals surface area (Å²) in [6.07, 6.45) is 3.49. The third-order valence-electron chi connectivity index (χ3n) is 7.44. The molecule has 0 aliphatic heterocycles. The fourth-order valence-corrected chi connectivity index (χ4v) is 5.10. The van der Waals surface area contributed by atoms with Crippen LogP contribution in [0.25, 0.3) is 0 Å². The number of rotatable bonds is 11. The van der Waals surface area contributed by atoms with Gasteiger partial charge in [0, 0.05) is 11.7 Å². The Labute approximate surface area is 261 Å². The molecule has 3 amide bonds. The Hall–Kier alpha value is -5.51. The number of methoxy groups -OCH3 is 1. The molecule has 45 heavy (non-hydrogen) atoms. The van der Waals surface area contributed by atoms with Crippen molar-refractivity contribution in [2.24, 2.45) is 0 Å². The number of carbonyl (C=O) groups excluding carboxylic acids is 2. The van der Waals surface area contributed by atoms with Crippen LogP contribution in [0.3, 0.4) is 0 Å². The second-order valence-electron chi connectivity index (χ2n) is 10.7. The molecular formula is C35H35N3O7. The number of benzene rings is 4. The molecule has 10 nitrogen and oxygen atoms in total. The van der Waals surface area contributed by atoms with Crippen molar-refractivity contribution in [3.8, 4) is 23.0 Å². The fourth-order valence-electron chi connectivity index (χ4n) is 5.10. The minimum atomic E-state index is -1.10. The highest BCUT2D eigenvalue weighted by atomic mass is 16.5. The van der Waals surface area contributed by atoms with E-state index in [1.807, 2.05) is 24.3 Å². The average molecular weight is 610 g/mol. The van der Waals surface area contributed by atoms with E-state index in [0.29, 0.717) is 17.2 Å². The molecule has 4 aromatic rings. The third-order valence-corrected chi connectivity index (χ3v) is 7.44. The minimum absolute atomic E-state index is 0.0404. The number of hydrogen-bond donors (Lipinski definition) is 4. The SMILES string of the molecule is COc1ccc(NC(=O)NC2CCC(Oc3ccc(Oc4ccc(CC(=O)Nc5ccccc5C(=O)O)cc4)cc3)CC2)cc1. The highest BCUT2D eigenvalue weighted by Gasteiger charge is 2.24. The molecule has 1 aliphatic rings. The van der Waals surface area contributed by atoms with E-state index >= 15 is 0 Å². The largest absolute Gasteiger partial charge is 0.497 e. The Bertz CT molecular complexity index is 1600. The highest BCUT2D eigenvalue weighted by molar-refractivity contribution is 6.01. The van der Waals surface area contributed by atoms with Gasteiger partial charge in [-0.2, -0.15) is 0 Å². The lowest BCUT2D eigenvalue weighted by atomic mass is 9.93. The lowest BCUT2D eigenvalue weighted by Crippen LogP contribution is -2.41. The Kier molecular flexibility index (Phi) is 10.2. The molecule has 0 bridgehead atoms. The molecule has 5 rings (SSSR count). The average Bonchev–Trinajstić information content (AvgIpc) is 3.04. The van der Waals surface area contributed by atoms with Crippen LogP contribution in [0.2, 0.25) is 0 Å². The molecule has 10 heteroatoms. The van der Waals surface area contributed by atoms with Crippen LogP contribution >= 0.6 is 0 Å². The van der Waals surface area contributed by atoms with Crippen molar-refractivity contribution in [1.29, 1.82) is 0 Å². The lowest BCUT2D eigenvalue weighted by Gasteiger charge is -2.29. The standard InChI is InChI=1S/C35H35N3O7/c1-43-26-14-8-24(9-15-26)36-35(42)37-25-10-16-28(17-11-25)45-30-20-18-29(19-21-30)44-27-12-6-23(7-13-27)22-33(39)38-32-5-3-2-4-31(32)34(40)41/h2-9,12-15,18-21,25,28H,10-11,16-17,22H2,1H3,(H,38,39)(H,40,41)(H2,36,37,42). The summed E-state index contributed by atoms with van der Waals surface area (Å²) in [6.45, 7) is 0. The third kappa shape index (κ3) is 8.99. The van der Waals surface area contributed by atoms with Gasteiger partial charge in [0.15, 0.2) is 0 Å². The first-order valence-electron chi connectivity index (χ1n) is 14.7. The zero-order valence-corrected chi connectivity index (χ0v) is 24.8. The number of aromatic carboxylic acids is 1. The number of urea groups is 1. The number of nitrogens with one attached hydrogen (secondary N) is 3. The van der Waals surface area contributed by atoms with E-state index in [4.69, 9.17) is 14.2 Å². The molecule has 0 unspecified atom stereocenters. The summed E-state index contributed by atoms with van der Waals surface area (Å²) in [7, 11) is 1.60. The van der Waals surface area contributed by atoms with E-state index in [-0.39, 0.29) is 41.8 Å². The van der Waals surface area contributed by atoms with Crippen LogP contribution in [0.4, 0.5) is 16.2 Å². The van der Waals surface area contributed by atoms with Gasteiger partial charge in [0.2, 0.25) is 5.91 Å². The molecule has 0 radical (unpaired) electrons. The summed E-state index contributed by atoms with van der Waals surface area (Å²) in [6, 6.07) is 27.9. The summed E-state index contributed by atoms with van der Waals surface area (Å²) in [5.41, 5.74) is 1.77. The summed E-state index contributed by atoms with van der Waals surface area (Å²) in [5, 5.41) is 17.9. The first kappa shape index (κ1) is 30.9. The quantitative estimate of drug-likeness (QED) is 0.146. The molecule has 0 heterocycles. The van der Waals surface area contributed by atoms with E-state index < -0.39 is 5.97 Å². The van der Waals surface area contributed by atoms with Gasteiger partial charge in [0.1, 0.15) is 23.0 Å². The number of para-hydroxylation sites is 1. The highest BCUT2D eigenvalue weighted by Crippen LogP contribution is 2.28. The zero-order valence-electron chi connectivity index (χ0n) is 24.8. The van der Waals surface area contributed by atoms with Crippen molar-refractivity contribution in [2.45, 2.75) is 44.2 Å². The number of carbonyl (C=O) groups is 3.